The Morgan fingerprint density at radius 3 is 3.12 bits per heavy atom. The Morgan fingerprint density at radius 2 is 2.50 bits per heavy atom. The van der Waals surface area contributed by atoms with E-state index in [1.807, 2.05) is 12.1 Å². The van der Waals surface area contributed by atoms with Crippen LogP contribution in [-0.4, -0.2) is 27.5 Å². The van der Waals surface area contributed by atoms with Crippen molar-refractivity contribution in [3.63, 3.8) is 0 Å². The first-order valence-corrected chi connectivity index (χ1v) is 6.06. The fourth-order valence-electron chi connectivity index (χ4n) is 2.17. The Morgan fingerprint density at radius 1 is 1.69 bits per heavy atom. The molecule has 1 aromatic heterocycles. The van der Waals surface area contributed by atoms with E-state index in [0.29, 0.717) is 11.0 Å². The molecule has 2 rings (SSSR count). The van der Waals surface area contributed by atoms with Crippen molar-refractivity contribution in [2.24, 2.45) is 5.73 Å². The van der Waals surface area contributed by atoms with Gasteiger partial charge in [0.25, 0.3) is 0 Å². The van der Waals surface area contributed by atoms with Gasteiger partial charge in [-0.25, -0.2) is 0 Å². The first kappa shape index (κ1) is 11.5. The van der Waals surface area contributed by atoms with Gasteiger partial charge in [-0.15, -0.1) is 0 Å². The van der Waals surface area contributed by atoms with E-state index in [-0.39, 0.29) is 0 Å². The zero-order chi connectivity index (χ0) is 11.5. The highest BCUT2D eigenvalue weighted by Crippen LogP contribution is 2.19. The molecule has 1 aromatic rings. The molecule has 1 saturated heterocycles. The summed E-state index contributed by atoms with van der Waals surface area (Å²) in [6, 6.07) is 4.71. The molecule has 1 unspecified atom stereocenters. The first-order valence-electron chi connectivity index (χ1n) is 5.65. The summed E-state index contributed by atoms with van der Waals surface area (Å²) in [5.74, 6) is 0. The zero-order valence-electron chi connectivity index (χ0n) is 9.52. The number of nitrogens with zero attached hydrogens (tertiary/aromatic N) is 2. The zero-order valence-corrected chi connectivity index (χ0v) is 10.3. The van der Waals surface area contributed by atoms with Crippen LogP contribution in [0.5, 0.6) is 0 Å². The highest BCUT2D eigenvalue weighted by molar-refractivity contribution is 7.80. The maximum absolute atomic E-state index is 5.57. The second-order valence-corrected chi connectivity index (χ2v) is 4.82. The number of nitrogens with two attached hydrogens (primary N) is 1. The van der Waals surface area contributed by atoms with Crippen LogP contribution in [0.2, 0.25) is 0 Å². The second kappa shape index (κ2) is 4.89. The molecular formula is C12H17N3S. The Bertz CT molecular complexity index is 392. The van der Waals surface area contributed by atoms with E-state index in [0.717, 1.165) is 12.2 Å². The van der Waals surface area contributed by atoms with E-state index in [1.54, 1.807) is 6.20 Å². The SMILES string of the molecule is CC1CCCN1Cc1ccnc(C(N)=S)c1. The third-order valence-electron chi connectivity index (χ3n) is 3.15. The molecule has 1 atom stereocenters. The van der Waals surface area contributed by atoms with Crippen LogP contribution in [-0.2, 0) is 6.54 Å². The minimum atomic E-state index is 0.372. The monoisotopic (exact) mass is 235 g/mol. The molecule has 1 aliphatic heterocycles. The van der Waals surface area contributed by atoms with Crippen LogP contribution >= 0.6 is 12.2 Å². The number of thiocarbonyl (C=S) groups is 1. The van der Waals surface area contributed by atoms with Crippen LogP contribution in [0.1, 0.15) is 31.0 Å². The molecule has 1 fully saturated rings. The van der Waals surface area contributed by atoms with Crippen molar-refractivity contribution in [2.75, 3.05) is 6.54 Å². The average Bonchev–Trinajstić information content (AvgIpc) is 2.65. The summed E-state index contributed by atoms with van der Waals surface area (Å²) in [6.45, 7) is 4.44. The van der Waals surface area contributed by atoms with Crippen LogP contribution in [0.4, 0.5) is 0 Å². The lowest BCUT2D eigenvalue weighted by Crippen LogP contribution is -2.26. The van der Waals surface area contributed by atoms with Crippen molar-refractivity contribution in [3.05, 3.63) is 29.6 Å². The van der Waals surface area contributed by atoms with Gasteiger partial charge in [0, 0.05) is 18.8 Å². The van der Waals surface area contributed by atoms with Gasteiger partial charge in [-0.05, 0) is 44.0 Å². The summed E-state index contributed by atoms with van der Waals surface area (Å²) in [5.41, 5.74) is 7.54. The Kier molecular flexibility index (Phi) is 3.51. The summed E-state index contributed by atoms with van der Waals surface area (Å²) in [7, 11) is 0. The topological polar surface area (TPSA) is 42.2 Å². The first-order chi connectivity index (χ1) is 7.66. The Balaban J connectivity index is 2.09. The molecule has 0 aliphatic carbocycles. The quantitative estimate of drug-likeness (QED) is 0.810. The van der Waals surface area contributed by atoms with Crippen molar-refractivity contribution in [1.29, 1.82) is 0 Å². The van der Waals surface area contributed by atoms with E-state index < -0.39 is 0 Å². The van der Waals surface area contributed by atoms with Gasteiger partial charge in [0.1, 0.15) is 4.99 Å². The van der Waals surface area contributed by atoms with Crippen LogP contribution in [0, 0.1) is 0 Å². The smallest absolute Gasteiger partial charge is 0.122 e. The van der Waals surface area contributed by atoms with Gasteiger partial charge < -0.3 is 5.73 Å². The van der Waals surface area contributed by atoms with Crippen molar-refractivity contribution in [3.8, 4) is 0 Å². The maximum atomic E-state index is 5.57. The largest absolute Gasteiger partial charge is 0.388 e. The number of aromatic nitrogens is 1. The summed E-state index contributed by atoms with van der Waals surface area (Å²) in [5, 5.41) is 0. The molecule has 0 saturated carbocycles. The van der Waals surface area contributed by atoms with Crippen molar-refractivity contribution in [1.82, 2.24) is 9.88 Å². The fourth-order valence-corrected chi connectivity index (χ4v) is 2.28. The molecule has 4 heteroatoms. The van der Waals surface area contributed by atoms with Crippen molar-refractivity contribution < 1.29 is 0 Å². The number of rotatable bonds is 3. The van der Waals surface area contributed by atoms with E-state index in [9.17, 15) is 0 Å². The van der Waals surface area contributed by atoms with E-state index >= 15 is 0 Å². The molecule has 16 heavy (non-hydrogen) atoms. The lowest BCUT2D eigenvalue weighted by molar-refractivity contribution is 0.260. The summed E-state index contributed by atoms with van der Waals surface area (Å²) in [4.78, 5) is 7.00. The lowest BCUT2D eigenvalue weighted by atomic mass is 10.2. The van der Waals surface area contributed by atoms with Gasteiger partial charge in [-0.3, -0.25) is 9.88 Å². The molecular weight excluding hydrogens is 218 g/mol. The van der Waals surface area contributed by atoms with Crippen molar-refractivity contribution >= 4 is 17.2 Å². The average molecular weight is 235 g/mol. The highest BCUT2D eigenvalue weighted by Gasteiger charge is 2.20. The molecule has 0 spiro atoms. The summed E-state index contributed by atoms with van der Waals surface area (Å²) in [6.07, 6.45) is 4.38. The molecule has 0 aromatic carbocycles. The normalized spacial score (nSPS) is 21.2. The minimum Gasteiger partial charge on any atom is -0.388 e. The fraction of sp³-hybridized carbons (Fsp3) is 0.500. The van der Waals surface area contributed by atoms with Gasteiger partial charge in [-0.1, -0.05) is 12.2 Å². The maximum Gasteiger partial charge on any atom is 0.122 e. The van der Waals surface area contributed by atoms with Crippen LogP contribution in [0.25, 0.3) is 0 Å². The third-order valence-corrected chi connectivity index (χ3v) is 3.36. The number of pyridine rings is 1. The van der Waals surface area contributed by atoms with Crippen molar-refractivity contribution in [2.45, 2.75) is 32.4 Å². The predicted molar refractivity (Wildman–Crippen MR) is 69.2 cm³/mol. The molecule has 0 radical (unpaired) electrons. The second-order valence-electron chi connectivity index (χ2n) is 4.38. The number of likely N-dealkylation sites (tertiary alicyclic amines) is 1. The molecule has 86 valence electrons. The van der Waals surface area contributed by atoms with E-state index in [2.05, 4.69) is 16.8 Å². The third kappa shape index (κ3) is 2.57. The minimum absolute atomic E-state index is 0.372. The lowest BCUT2D eigenvalue weighted by Gasteiger charge is -2.20. The molecule has 2 heterocycles. The molecule has 0 amide bonds. The highest BCUT2D eigenvalue weighted by atomic mass is 32.1. The van der Waals surface area contributed by atoms with Crippen LogP contribution in [0.15, 0.2) is 18.3 Å². The van der Waals surface area contributed by atoms with Gasteiger partial charge in [-0.2, -0.15) is 0 Å². The molecule has 3 nitrogen and oxygen atoms in total. The standard InChI is InChI=1S/C12H17N3S/c1-9-3-2-6-15(9)8-10-4-5-14-11(7-10)12(13)16/h4-5,7,9H,2-3,6,8H2,1H3,(H2,13,16). The predicted octanol–water partition coefficient (Wildman–Crippen LogP) is 1.70. The van der Waals surface area contributed by atoms with Crippen LogP contribution in [0.3, 0.4) is 0 Å². The van der Waals surface area contributed by atoms with Gasteiger partial charge in [0.15, 0.2) is 0 Å². The van der Waals surface area contributed by atoms with Crippen LogP contribution < -0.4 is 5.73 Å². The van der Waals surface area contributed by atoms with E-state index in [1.165, 1.54) is 24.9 Å². The van der Waals surface area contributed by atoms with Gasteiger partial charge in [0.05, 0.1) is 5.69 Å². The Labute approximate surface area is 102 Å². The molecule has 2 N–H and O–H groups in total. The Hall–Kier alpha value is -1.00. The summed E-state index contributed by atoms with van der Waals surface area (Å²) < 4.78 is 0. The van der Waals surface area contributed by atoms with Gasteiger partial charge >= 0.3 is 0 Å². The molecule has 0 bridgehead atoms. The van der Waals surface area contributed by atoms with Gasteiger partial charge in [0.2, 0.25) is 0 Å². The summed E-state index contributed by atoms with van der Waals surface area (Å²) >= 11 is 4.93. The number of hydrogen-bond acceptors (Lipinski definition) is 3. The molecule has 1 aliphatic rings. The van der Waals surface area contributed by atoms with E-state index in [4.69, 9.17) is 18.0 Å². The number of hydrogen-bond donors (Lipinski definition) is 1.